The van der Waals surface area contributed by atoms with E-state index >= 15 is 0 Å². The van der Waals surface area contributed by atoms with Gasteiger partial charge < -0.3 is 10.1 Å². The van der Waals surface area contributed by atoms with E-state index in [0.717, 1.165) is 26.1 Å². The zero-order chi connectivity index (χ0) is 23.9. The van der Waals surface area contributed by atoms with Crippen LogP contribution in [0.25, 0.3) is 4.91 Å². The molecule has 0 saturated heterocycles. The third-order valence-electron chi connectivity index (χ3n) is 4.37. The summed E-state index contributed by atoms with van der Waals surface area (Å²) in [5, 5.41) is 6.57. The van der Waals surface area contributed by atoms with Gasteiger partial charge in [-0.15, -0.1) is 5.73 Å². The van der Waals surface area contributed by atoms with Crippen molar-refractivity contribution in [3.05, 3.63) is 76.8 Å². The van der Waals surface area contributed by atoms with Gasteiger partial charge in [-0.25, -0.2) is 4.98 Å². The topological polar surface area (TPSA) is 69.0 Å². The van der Waals surface area contributed by atoms with Gasteiger partial charge in [0.1, 0.15) is 11.4 Å². The van der Waals surface area contributed by atoms with E-state index in [1.165, 1.54) is 18.8 Å². The largest absolute Gasteiger partial charge is 0.481 e. The molecule has 9 heteroatoms. The van der Waals surface area contributed by atoms with Crippen molar-refractivity contribution in [1.29, 1.82) is 0 Å². The Morgan fingerprint density at radius 1 is 1.44 bits per heavy atom. The molecular formula is C23H28F2N4O2S. The summed E-state index contributed by atoms with van der Waals surface area (Å²) in [6.07, 6.45) is 5.75. The summed E-state index contributed by atoms with van der Waals surface area (Å²) in [6.45, 7) is 8.93. The maximum absolute atomic E-state index is 13.8. The van der Waals surface area contributed by atoms with Crippen LogP contribution in [0.3, 0.4) is 0 Å². The van der Waals surface area contributed by atoms with Crippen molar-refractivity contribution in [3.8, 4) is 5.88 Å². The fraction of sp³-hybridized carbons (Fsp3) is 0.304. The molecule has 2 aromatic heterocycles. The highest BCUT2D eigenvalue weighted by Crippen LogP contribution is 2.37. The van der Waals surface area contributed by atoms with E-state index in [2.05, 4.69) is 27.7 Å². The average molecular weight is 463 g/mol. The summed E-state index contributed by atoms with van der Waals surface area (Å²) in [6, 6.07) is 4.35. The van der Waals surface area contributed by atoms with Gasteiger partial charge >= 0.3 is 5.92 Å². The van der Waals surface area contributed by atoms with Crippen molar-refractivity contribution in [2.24, 2.45) is 7.05 Å². The second-order valence-electron chi connectivity index (χ2n) is 6.46. The molecule has 0 saturated carbocycles. The van der Waals surface area contributed by atoms with Crippen LogP contribution in [0.4, 0.5) is 8.78 Å². The summed E-state index contributed by atoms with van der Waals surface area (Å²) in [5.74, 6) is -3.32. The predicted octanol–water partition coefficient (Wildman–Crippen LogP) is 5.32. The molecule has 1 aliphatic heterocycles. The van der Waals surface area contributed by atoms with E-state index in [-0.39, 0.29) is 13.2 Å². The Labute approximate surface area is 192 Å². The fourth-order valence-corrected chi connectivity index (χ4v) is 3.69. The van der Waals surface area contributed by atoms with Crippen LogP contribution >= 0.6 is 11.8 Å². The van der Waals surface area contributed by atoms with Crippen molar-refractivity contribution in [2.75, 3.05) is 7.11 Å². The number of aryl methyl sites for hydroxylation is 1. The molecule has 0 radical (unpaired) electrons. The maximum atomic E-state index is 13.8. The molecule has 6 nitrogen and oxygen atoms in total. The van der Waals surface area contributed by atoms with Crippen molar-refractivity contribution >= 4 is 22.6 Å². The first-order valence-corrected chi connectivity index (χ1v) is 10.8. The Morgan fingerprint density at radius 2 is 2.16 bits per heavy atom. The third kappa shape index (κ3) is 5.75. The standard InChI is InChI=1S/C21H20F2N4O2S.C2H6.H2/c1-5-21(22,23)18-12-15(27(3)26-18)20(28)25-13(2)16-7-6-8-17(30-16)14-9-10-24-19(11-14)29-4;1-2;/h5-7,9-13H,1H2,2-4H3,(H,25,28);1-2H3;1H. The number of thioether (sulfide) groups is 1. The summed E-state index contributed by atoms with van der Waals surface area (Å²) in [4.78, 5) is 18.5. The molecule has 172 valence electrons. The Kier molecular flexibility index (Phi) is 8.57. The van der Waals surface area contributed by atoms with Gasteiger partial charge in [-0.3, -0.25) is 9.48 Å². The molecule has 3 heterocycles. The van der Waals surface area contributed by atoms with Crippen LogP contribution in [-0.2, 0) is 13.0 Å². The van der Waals surface area contributed by atoms with Gasteiger partial charge in [-0.2, -0.15) is 13.9 Å². The molecule has 0 fully saturated rings. The van der Waals surface area contributed by atoms with Gasteiger partial charge in [0.15, 0.2) is 0 Å². The van der Waals surface area contributed by atoms with Gasteiger partial charge in [0.25, 0.3) is 5.91 Å². The number of ether oxygens (including phenoxy) is 1. The predicted molar refractivity (Wildman–Crippen MR) is 126 cm³/mol. The molecule has 0 spiro atoms. The van der Waals surface area contributed by atoms with Gasteiger partial charge in [0.05, 0.1) is 18.1 Å². The van der Waals surface area contributed by atoms with E-state index < -0.39 is 17.5 Å². The highest BCUT2D eigenvalue weighted by Gasteiger charge is 2.32. The van der Waals surface area contributed by atoms with Crippen LogP contribution < -0.4 is 10.1 Å². The number of halogens is 2. The normalized spacial score (nSPS) is 13.8. The molecule has 0 bridgehead atoms. The van der Waals surface area contributed by atoms with Crippen molar-refractivity contribution in [1.82, 2.24) is 20.1 Å². The summed E-state index contributed by atoms with van der Waals surface area (Å²) in [5.41, 5.74) is 3.56. The Bertz CT molecular complexity index is 1090. The zero-order valence-electron chi connectivity index (χ0n) is 18.6. The number of carbonyl (C=O) groups is 1. The molecule has 0 aromatic carbocycles. The summed E-state index contributed by atoms with van der Waals surface area (Å²) in [7, 11) is 2.99. The Hall–Kier alpha value is -3.16. The summed E-state index contributed by atoms with van der Waals surface area (Å²) < 4.78 is 33.9. The quantitative estimate of drug-likeness (QED) is 0.446. The lowest BCUT2D eigenvalue weighted by atomic mass is 10.2. The van der Waals surface area contributed by atoms with Crippen LogP contribution in [0, 0.1) is 0 Å². The van der Waals surface area contributed by atoms with E-state index in [1.54, 1.807) is 25.4 Å². The molecule has 1 unspecified atom stereocenters. The molecule has 1 atom stereocenters. The number of pyridine rings is 1. The molecule has 2 aromatic rings. The number of allylic oxidation sites excluding steroid dienone is 3. The third-order valence-corrected chi connectivity index (χ3v) is 5.66. The molecule has 1 aliphatic rings. The highest BCUT2D eigenvalue weighted by atomic mass is 32.2. The van der Waals surface area contributed by atoms with Crippen molar-refractivity contribution in [2.45, 2.75) is 32.7 Å². The minimum Gasteiger partial charge on any atom is -0.481 e. The number of carbonyl (C=O) groups excluding carboxylic acids is 1. The van der Waals surface area contributed by atoms with Gasteiger partial charge in [-0.05, 0) is 37.3 Å². The Morgan fingerprint density at radius 3 is 2.81 bits per heavy atom. The lowest BCUT2D eigenvalue weighted by Crippen LogP contribution is -2.34. The smallest absolute Gasteiger partial charge is 0.309 e. The van der Waals surface area contributed by atoms with Crippen LogP contribution in [0.2, 0.25) is 0 Å². The van der Waals surface area contributed by atoms with E-state index in [9.17, 15) is 13.6 Å². The molecule has 0 aliphatic carbocycles. The number of methoxy groups -OCH3 is 1. The van der Waals surface area contributed by atoms with E-state index in [1.807, 2.05) is 32.9 Å². The number of alkyl halides is 2. The zero-order valence-corrected chi connectivity index (χ0v) is 19.5. The van der Waals surface area contributed by atoms with Crippen molar-refractivity contribution in [3.63, 3.8) is 0 Å². The van der Waals surface area contributed by atoms with Gasteiger partial charge in [0.2, 0.25) is 5.88 Å². The van der Waals surface area contributed by atoms with Crippen molar-refractivity contribution < 1.29 is 19.7 Å². The minimum atomic E-state index is -3.31. The van der Waals surface area contributed by atoms with E-state index in [0.29, 0.717) is 12.0 Å². The first-order valence-electron chi connectivity index (χ1n) is 9.97. The lowest BCUT2D eigenvalue weighted by molar-refractivity contribution is 0.0470. The van der Waals surface area contributed by atoms with Crippen LogP contribution in [0.1, 0.15) is 43.9 Å². The number of hydrogen-bond acceptors (Lipinski definition) is 5. The number of nitrogens with zero attached hydrogens (tertiary/aromatic N) is 3. The number of hydrogen-bond donors (Lipinski definition) is 1. The molecule has 3 rings (SSSR count). The second kappa shape index (κ2) is 10.9. The summed E-state index contributed by atoms with van der Waals surface area (Å²) >= 11 is 1.45. The number of amides is 1. The Balaban J connectivity index is 0.00000177. The minimum absolute atomic E-state index is 0. The molecular weight excluding hydrogens is 434 g/mol. The highest BCUT2D eigenvalue weighted by molar-refractivity contribution is 8.11. The first kappa shape index (κ1) is 25.1. The SMILES string of the molecule is C=CC(F)(F)c1cc(C(=O)NC(C)C2=CC=C=C(c3ccnc(OC)c3)S2)n(C)n1.CC.[HH]. The van der Waals surface area contributed by atoms with Gasteiger partial charge in [-0.1, -0.05) is 32.2 Å². The number of rotatable bonds is 7. The number of aromatic nitrogens is 3. The monoisotopic (exact) mass is 462 g/mol. The van der Waals surface area contributed by atoms with Crippen LogP contribution in [-0.4, -0.2) is 33.8 Å². The molecule has 1 N–H and O–H groups in total. The second-order valence-corrected chi connectivity index (χ2v) is 7.54. The van der Waals surface area contributed by atoms with Gasteiger partial charge in [0, 0.05) is 31.2 Å². The van der Waals surface area contributed by atoms with Crippen LogP contribution in [0.15, 0.2) is 59.8 Å². The van der Waals surface area contributed by atoms with E-state index in [4.69, 9.17) is 4.74 Å². The molecule has 1 amide bonds. The fourth-order valence-electron chi connectivity index (χ4n) is 2.71. The lowest BCUT2D eigenvalue weighted by Gasteiger charge is -2.19. The number of nitrogens with one attached hydrogen (secondary N) is 1. The van der Waals surface area contributed by atoms with Crippen LogP contribution in [0.5, 0.6) is 5.88 Å². The molecule has 32 heavy (non-hydrogen) atoms. The maximum Gasteiger partial charge on any atom is 0.309 e. The average Bonchev–Trinajstić information content (AvgIpc) is 3.23. The first-order chi connectivity index (χ1) is 15.2.